The van der Waals surface area contributed by atoms with Crippen LogP contribution in [0.3, 0.4) is 0 Å². The van der Waals surface area contributed by atoms with Crippen LogP contribution >= 0.6 is 0 Å². The van der Waals surface area contributed by atoms with Gasteiger partial charge in [0.05, 0.1) is 5.56 Å². The van der Waals surface area contributed by atoms with Crippen LogP contribution in [0, 0.1) is 5.92 Å². The summed E-state index contributed by atoms with van der Waals surface area (Å²) in [6.07, 6.45) is 4.30. The van der Waals surface area contributed by atoms with E-state index in [0.29, 0.717) is 11.5 Å². The minimum atomic E-state index is -0.657. The third-order valence-electron chi connectivity index (χ3n) is 5.42. The highest BCUT2D eigenvalue weighted by Gasteiger charge is 2.23. The van der Waals surface area contributed by atoms with Crippen LogP contribution in [0.4, 0.5) is 0 Å². The minimum Gasteiger partial charge on any atom is -0.452 e. The molecule has 6 nitrogen and oxygen atoms in total. The van der Waals surface area contributed by atoms with Crippen molar-refractivity contribution in [2.24, 2.45) is 5.92 Å². The molecule has 0 radical (unpaired) electrons. The lowest BCUT2D eigenvalue weighted by molar-refractivity contribution is -0.125. The Bertz CT molecular complexity index is 920. The number of Topliss-reactive ketones (excluding diaryl/α,β-unsaturated/α-hetero) is 2. The van der Waals surface area contributed by atoms with E-state index < -0.39 is 17.5 Å². The molecule has 1 N–H and O–H groups in total. The average Bonchev–Trinajstić information content (AvgIpc) is 2.78. The molecule has 0 unspecified atom stereocenters. The molecule has 2 aromatic carbocycles. The summed E-state index contributed by atoms with van der Waals surface area (Å²) < 4.78 is 5.08. The fourth-order valence-electron chi connectivity index (χ4n) is 3.60. The molecule has 0 bridgehead atoms. The summed E-state index contributed by atoms with van der Waals surface area (Å²) in [5.74, 6) is -1.82. The zero-order chi connectivity index (χ0) is 21.5. The van der Waals surface area contributed by atoms with Crippen LogP contribution in [0.15, 0.2) is 54.6 Å². The summed E-state index contributed by atoms with van der Waals surface area (Å²) in [6, 6.07) is 14.0. The van der Waals surface area contributed by atoms with Crippen LogP contribution in [0.1, 0.15) is 63.7 Å². The van der Waals surface area contributed by atoms with Gasteiger partial charge in [-0.1, -0.05) is 62.2 Å². The van der Waals surface area contributed by atoms with E-state index >= 15 is 0 Å². The summed E-state index contributed by atoms with van der Waals surface area (Å²) in [5.41, 5.74) is 0.700. The average molecular weight is 407 g/mol. The summed E-state index contributed by atoms with van der Waals surface area (Å²) in [6.45, 7) is 1.76. The standard InChI is InChI=1S/C24H25NO5/c1-16-7-5-6-10-20(16)25-21(26)15-30-24(29)19-13-11-18(12-14-19)23(28)22(27)17-8-3-2-4-9-17/h2-4,8-9,11-14,16,20H,5-7,10,15H2,1H3,(H,25,26)/t16-,20-/m0/s1. The van der Waals surface area contributed by atoms with Crippen LogP contribution in [0.25, 0.3) is 0 Å². The number of carbonyl (C=O) groups is 4. The molecule has 156 valence electrons. The van der Waals surface area contributed by atoms with Crippen molar-refractivity contribution < 1.29 is 23.9 Å². The molecule has 3 rings (SSSR count). The van der Waals surface area contributed by atoms with Crippen molar-refractivity contribution >= 4 is 23.4 Å². The quantitative estimate of drug-likeness (QED) is 0.430. The van der Waals surface area contributed by atoms with Crippen molar-refractivity contribution in [3.8, 4) is 0 Å². The monoisotopic (exact) mass is 407 g/mol. The van der Waals surface area contributed by atoms with E-state index in [0.717, 1.165) is 19.3 Å². The number of hydrogen-bond acceptors (Lipinski definition) is 5. The predicted molar refractivity (Wildman–Crippen MR) is 111 cm³/mol. The number of benzene rings is 2. The highest BCUT2D eigenvalue weighted by Crippen LogP contribution is 2.23. The summed E-state index contributed by atoms with van der Waals surface area (Å²) in [5, 5.41) is 2.93. The van der Waals surface area contributed by atoms with Crippen molar-refractivity contribution in [1.82, 2.24) is 5.32 Å². The fraction of sp³-hybridized carbons (Fsp3) is 0.333. The van der Waals surface area contributed by atoms with Gasteiger partial charge in [-0.05, 0) is 30.9 Å². The largest absolute Gasteiger partial charge is 0.452 e. The maximum absolute atomic E-state index is 12.3. The van der Waals surface area contributed by atoms with Crippen molar-refractivity contribution in [3.05, 3.63) is 71.3 Å². The highest BCUT2D eigenvalue weighted by molar-refractivity contribution is 6.49. The van der Waals surface area contributed by atoms with Crippen LogP contribution in [-0.4, -0.2) is 36.1 Å². The maximum Gasteiger partial charge on any atom is 0.338 e. The van der Waals surface area contributed by atoms with E-state index in [1.54, 1.807) is 30.3 Å². The Morgan fingerprint density at radius 2 is 1.40 bits per heavy atom. The maximum atomic E-state index is 12.3. The van der Waals surface area contributed by atoms with Crippen molar-refractivity contribution in [3.63, 3.8) is 0 Å². The van der Waals surface area contributed by atoms with Gasteiger partial charge in [0.1, 0.15) is 0 Å². The second kappa shape index (κ2) is 9.96. The molecule has 30 heavy (non-hydrogen) atoms. The minimum absolute atomic E-state index is 0.123. The number of rotatable bonds is 7. The molecule has 0 spiro atoms. The Labute approximate surface area is 175 Å². The van der Waals surface area contributed by atoms with Crippen molar-refractivity contribution in [2.45, 2.75) is 38.6 Å². The first-order chi connectivity index (χ1) is 14.5. The smallest absolute Gasteiger partial charge is 0.338 e. The first-order valence-corrected chi connectivity index (χ1v) is 10.2. The molecular formula is C24H25NO5. The fourth-order valence-corrected chi connectivity index (χ4v) is 3.60. The van der Waals surface area contributed by atoms with Gasteiger partial charge in [0.2, 0.25) is 11.6 Å². The van der Waals surface area contributed by atoms with E-state index in [2.05, 4.69) is 12.2 Å². The second-order valence-electron chi connectivity index (χ2n) is 7.61. The number of nitrogens with one attached hydrogen (secondary N) is 1. The normalized spacial score (nSPS) is 18.3. The molecule has 1 saturated carbocycles. The molecule has 2 aromatic rings. The molecular weight excluding hydrogens is 382 g/mol. The molecule has 0 aromatic heterocycles. The van der Waals surface area contributed by atoms with Gasteiger partial charge in [-0.25, -0.2) is 4.79 Å². The first kappa shape index (κ1) is 21.4. The number of ketones is 2. The highest BCUT2D eigenvalue weighted by atomic mass is 16.5. The van der Waals surface area contributed by atoms with Gasteiger partial charge < -0.3 is 10.1 Å². The van der Waals surface area contributed by atoms with Crippen LogP contribution in [0.2, 0.25) is 0 Å². The van der Waals surface area contributed by atoms with Gasteiger partial charge in [0, 0.05) is 17.2 Å². The number of hydrogen-bond donors (Lipinski definition) is 1. The third kappa shape index (κ3) is 5.41. The molecule has 1 fully saturated rings. The lowest BCUT2D eigenvalue weighted by Gasteiger charge is -2.29. The Balaban J connectivity index is 1.52. The van der Waals surface area contributed by atoms with E-state index in [9.17, 15) is 19.2 Å². The van der Waals surface area contributed by atoms with E-state index in [4.69, 9.17) is 4.74 Å². The number of carbonyl (C=O) groups excluding carboxylic acids is 4. The molecule has 6 heteroatoms. The summed E-state index contributed by atoms with van der Waals surface area (Å²) in [7, 11) is 0. The Morgan fingerprint density at radius 1 is 0.833 bits per heavy atom. The Morgan fingerprint density at radius 3 is 2.03 bits per heavy atom. The third-order valence-corrected chi connectivity index (χ3v) is 5.42. The Kier molecular flexibility index (Phi) is 7.12. The van der Waals surface area contributed by atoms with Gasteiger partial charge in [0.25, 0.3) is 5.91 Å². The molecule has 0 heterocycles. The number of esters is 1. The lowest BCUT2D eigenvalue weighted by atomic mass is 9.86. The van der Waals surface area contributed by atoms with Gasteiger partial charge in [-0.2, -0.15) is 0 Å². The van der Waals surface area contributed by atoms with E-state index in [1.807, 2.05) is 0 Å². The second-order valence-corrected chi connectivity index (χ2v) is 7.61. The SMILES string of the molecule is C[C@H]1CCCC[C@@H]1NC(=O)COC(=O)c1ccc(C(=O)C(=O)c2ccccc2)cc1. The summed E-state index contributed by atoms with van der Waals surface area (Å²) >= 11 is 0. The topological polar surface area (TPSA) is 89.5 Å². The Hall–Kier alpha value is -3.28. The first-order valence-electron chi connectivity index (χ1n) is 10.2. The molecule has 1 aliphatic carbocycles. The summed E-state index contributed by atoms with van der Waals surface area (Å²) in [4.78, 5) is 48.8. The van der Waals surface area contributed by atoms with Gasteiger partial charge in [-0.15, -0.1) is 0 Å². The van der Waals surface area contributed by atoms with Gasteiger partial charge in [-0.3, -0.25) is 14.4 Å². The molecule has 0 saturated heterocycles. The number of amides is 1. The lowest BCUT2D eigenvalue weighted by Crippen LogP contribution is -2.42. The van der Waals surface area contributed by atoms with Crippen LogP contribution < -0.4 is 5.32 Å². The molecule has 0 aliphatic heterocycles. The zero-order valence-electron chi connectivity index (χ0n) is 16.9. The molecule has 2 atom stereocenters. The molecule has 1 amide bonds. The predicted octanol–water partition coefficient (Wildman–Crippen LogP) is 3.60. The zero-order valence-corrected chi connectivity index (χ0v) is 16.9. The molecule has 1 aliphatic rings. The van der Waals surface area contributed by atoms with Crippen LogP contribution in [-0.2, 0) is 9.53 Å². The van der Waals surface area contributed by atoms with Gasteiger partial charge in [0.15, 0.2) is 6.61 Å². The van der Waals surface area contributed by atoms with Crippen molar-refractivity contribution in [1.29, 1.82) is 0 Å². The van der Waals surface area contributed by atoms with E-state index in [-0.39, 0.29) is 29.7 Å². The number of ether oxygens (including phenoxy) is 1. The van der Waals surface area contributed by atoms with Crippen molar-refractivity contribution in [2.75, 3.05) is 6.61 Å². The van der Waals surface area contributed by atoms with Crippen LogP contribution in [0.5, 0.6) is 0 Å². The van der Waals surface area contributed by atoms with E-state index in [1.165, 1.54) is 30.7 Å². The van der Waals surface area contributed by atoms with Gasteiger partial charge >= 0.3 is 5.97 Å².